The van der Waals surface area contributed by atoms with E-state index in [0.29, 0.717) is 16.7 Å². The van der Waals surface area contributed by atoms with E-state index in [1.807, 2.05) is 43.3 Å². The number of anilines is 1. The van der Waals surface area contributed by atoms with Gasteiger partial charge in [-0.25, -0.2) is 4.68 Å². The number of nitrogens with zero attached hydrogens (tertiary/aromatic N) is 3. The zero-order valence-corrected chi connectivity index (χ0v) is 19.6. The first-order valence-corrected chi connectivity index (χ1v) is 11.1. The van der Waals surface area contributed by atoms with Gasteiger partial charge in [-0.15, -0.1) is 10.2 Å². The van der Waals surface area contributed by atoms with Crippen molar-refractivity contribution in [3.05, 3.63) is 55.4 Å². The van der Waals surface area contributed by atoms with Crippen molar-refractivity contribution >= 4 is 71.1 Å². The number of thioether (sulfide) groups is 1. The number of halogens is 3. The normalized spacial score (nSPS) is 10.8. The van der Waals surface area contributed by atoms with Crippen LogP contribution in [-0.4, -0.2) is 26.5 Å². The van der Waals surface area contributed by atoms with E-state index in [2.05, 4.69) is 63.3 Å². The molecule has 2 aromatic carbocycles. The maximum absolute atomic E-state index is 12.3. The molecule has 1 heterocycles. The van der Waals surface area contributed by atoms with Gasteiger partial charge in [-0.2, -0.15) is 0 Å². The molecule has 0 unspecified atom stereocenters. The molecule has 0 spiro atoms. The van der Waals surface area contributed by atoms with Gasteiger partial charge in [-0.1, -0.05) is 51.5 Å². The lowest BCUT2D eigenvalue weighted by Gasteiger charge is -2.10. The van der Waals surface area contributed by atoms with Gasteiger partial charge < -0.3 is 11.2 Å². The molecule has 0 bridgehead atoms. The molecule has 140 valence electrons. The van der Waals surface area contributed by atoms with Crippen molar-refractivity contribution in [2.24, 2.45) is 0 Å². The monoisotopic (exact) mass is 573 g/mol. The van der Waals surface area contributed by atoms with Gasteiger partial charge >= 0.3 is 0 Å². The average Bonchev–Trinajstić information content (AvgIpc) is 2.97. The zero-order valence-electron chi connectivity index (χ0n) is 14.0. The molecular formula is C17H14Br3N5OS. The van der Waals surface area contributed by atoms with Crippen LogP contribution >= 0.6 is 59.6 Å². The lowest BCUT2D eigenvalue weighted by atomic mass is 10.1. The summed E-state index contributed by atoms with van der Waals surface area (Å²) < 4.78 is 3.84. The third kappa shape index (κ3) is 4.92. The van der Waals surface area contributed by atoms with Crippen molar-refractivity contribution in [2.75, 3.05) is 16.9 Å². The summed E-state index contributed by atoms with van der Waals surface area (Å²) in [5, 5.41) is 11.6. The summed E-state index contributed by atoms with van der Waals surface area (Å²) in [5.41, 5.74) is 2.65. The number of carbonyl (C=O) groups excluding carboxylic acids is 1. The smallest absolute Gasteiger partial charge is 0.234 e. The van der Waals surface area contributed by atoms with E-state index in [9.17, 15) is 4.79 Å². The second-order valence-electron chi connectivity index (χ2n) is 5.63. The maximum atomic E-state index is 12.3. The van der Waals surface area contributed by atoms with Crippen LogP contribution in [0.4, 0.5) is 5.69 Å². The molecule has 0 saturated heterocycles. The van der Waals surface area contributed by atoms with Crippen molar-refractivity contribution in [1.82, 2.24) is 14.9 Å². The van der Waals surface area contributed by atoms with E-state index < -0.39 is 0 Å². The number of nitrogen functional groups attached to an aromatic ring is 1. The SMILES string of the molecule is Cc1cccc(-c2nnc(SCC(=O)Nc3c(Br)cc(Br)cc3Br)n2N)c1. The Bertz CT molecular complexity index is 985. The minimum atomic E-state index is -0.177. The Morgan fingerprint density at radius 2 is 1.89 bits per heavy atom. The largest absolute Gasteiger partial charge is 0.335 e. The molecule has 0 aliphatic heterocycles. The number of nitrogens with two attached hydrogens (primary N) is 1. The van der Waals surface area contributed by atoms with Crippen molar-refractivity contribution in [3.8, 4) is 11.4 Å². The van der Waals surface area contributed by atoms with Crippen molar-refractivity contribution < 1.29 is 4.79 Å². The fourth-order valence-electron chi connectivity index (χ4n) is 2.32. The van der Waals surface area contributed by atoms with E-state index in [-0.39, 0.29) is 11.7 Å². The Morgan fingerprint density at radius 1 is 1.19 bits per heavy atom. The van der Waals surface area contributed by atoms with Gasteiger partial charge in [0.2, 0.25) is 11.1 Å². The van der Waals surface area contributed by atoms with Gasteiger partial charge in [0.05, 0.1) is 11.4 Å². The van der Waals surface area contributed by atoms with Crippen LogP contribution < -0.4 is 11.2 Å². The molecule has 3 aromatic rings. The highest BCUT2D eigenvalue weighted by Crippen LogP contribution is 2.34. The topological polar surface area (TPSA) is 85.8 Å². The van der Waals surface area contributed by atoms with Crippen LogP contribution in [0.1, 0.15) is 5.56 Å². The van der Waals surface area contributed by atoms with Gasteiger partial charge in [0.1, 0.15) is 0 Å². The molecule has 10 heteroatoms. The van der Waals surface area contributed by atoms with Gasteiger partial charge in [0.15, 0.2) is 5.82 Å². The first-order chi connectivity index (χ1) is 12.8. The number of aryl methyl sites for hydroxylation is 1. The molecule has 0 aliphatic carbocycles. The summed E-state index contributed by atoms with van der Waals surface area (Å²) in [5.74, 6) is 6.64. The molecule has 0 saturated carbocycles. The molecule has 0 fully saturated rings. The molecule has 1 amide bonds. The van der Waals surface area contributed by atoms with Crippen molar-refractivity contribution in [1.29, 1.82) is 0 Å². The minimum Gasteiger partial charge on any atom is -0.335 e. The van der Waals surface area contributed by atoms with E-state index >= 15 is 0 Å². The number of rotatable bonds is 5. The number of benzene rings is 2. The van der Waals surface area contributed by atoms with Crippen LogP contribution in [-0.2, 0) is 4.79 Å². The van der Waals surface area contributed by atoms with Crippen LogP contribution in [0.2, 0.25) is 0 Å². The number of amides is 1. The Kier molecular flexibility index (Phi) is 6.61. The van der Waals surface area contributed by atoms with Gasteiger partial charge in [0.25, 0.3) is 0 Å². The Morgan fingerprint density at radius 3 is 2.56 bits per heavy atom. The van der Waals surface area contributed by atoms with Gasteiger partial charge in [0, 0.05) is 19.0 Å². The first-order valence-electron chi connectivity index (χ1n) is 7.70. The fourth-order valence-corrected chi connectivity index (χ4v) is 5.44. The minimum absolute atomic E-state index is 0.151. The first kappa shape index (κ1) is 20.4. The van der Waals surface area contributed by atoms with Gasteiger partial charge in [-0.05, 0) is 57.0 Å². The highest BCUT2D eigenvalue weighted by molar-refractivity contribution is 9.11. The molecule has 6 nitrogen and oxygen atoms in total. The lowest BCUT2D eigenvalue weighted by Crippen LogP contribution is -2.17. The summed E-state index contributed by atoms with van der Waals surface area (Å²) in [6.45, 7) is 2.00. The molecular weight excluding hydrogens is 562 g/mol. The number of hydrogen-bond donors (Lipinski definition) is 2. The van der Waals surface area contributed by atoms with E-state index in [1.165, 1.54) is 16.4 Å². The van der Waals surface area contributed by atoms with Crippen LogP contribution in [0.15, 0.2) is 55.0 Å². The summed E-state index contributed by atoms with van der Waals surface area (Å²) >= 11 is 11.5. The van der Waals surface area contributed by atoms with Crippen LogP contribution in [0.25, 0.3) is 11.4 Å². The predicted octanol–water partition coefficient (Wildman–Crippen LogP) is 4.99. The molecule has 3 N–H and O–H groups in total. The molecule has 0 radical (unpaired) electrons. The lowest BCUT2D eigenvalue weighted by molar-refractivity contribution is -0.113. The third-order valence-electron chi connectivity index (χ3n) is 3.54. The van der Waals surface area contributed by atoms with Crippen LogP contribution in [0.3, 0.4) is 0 Å². The number of nitrogens with one attached hydrogen (secondary N) is 1. The van der Waals surface area contributed by atoms with Crippen LogP contribution in [0, 0.1) is 6.92 Å². The highest BCUT2D eigenvalue weighted by Gasteiger charge is 2.15. The molecule has 0 aliphatic rings. The number of carbonyl (C=O) groups is 1. The third-order valence-corrected chi connectivity index (χ3v) is 6.20. The second kappa shape index (κ2) is 8.76. The Labute approximate surface area is 185 Å². The highest BCUT2D eigenvalue weighted by atomic mass is 79.9. The van der Waals surface area contributed by atoms with Crippen LogP contribution in [0.5, 0.6) is 0 Å². The number of hydrogen-bond acceptors (Lipinski definition) is 5. The average molecular weight is 576 g/mol. The predicted molar refractivity (Wildman–Crippen MR) is 119 cm³/mol. The van der Waals surface area contributed by atoms with E-state index in [1.54, 1.807) is 0 Å². The standard InChI is InChI=1S/C17H14Br3N5OS/c1-9-3-2-4-10(5-9)16-23-24-17(25(16)21)27-8-14(26)22-15-12(19)6-11(18)7-13(15)20/h2-7H,8,21H2,1H3,(H,22,26). The number of aromatic nitrogens is 3. The van der Waals surface area contributed by atoms with Gasteiger partial charge in [-0.3, -0.25) is 4.79 Å². The maximum Gasteiger partial charge on any atom is 0.234 e. The molecule has 0 atom stereocenters. The van der Waals surface area contributed by atoms with E-state index in [4.69, 9.17) is 5.84 Å². The molecule has 27 heavy (non-hydrogen) atoms. The summed E-state index contributed by atoms with van der Waals surface area (Å²) in [7, 11) is 0. The van der Waals surface area contributed by atoms with Crippen molar-refractivity contribution in [2.45, 2.75) is 12.1 Å². The zero-order chi connectivity index (χ0) is 19.6. The Balaban J connectivity index is 1.68. The summed E-state index contributed by atoms with van der Waals surface area (Å²) in [4.78, 5) is 12.3. The Hall–Kier alpha value is -1.36. The summed E-state index contributed by atoms with van der Waals surface area (Å²) in [6.07, 6.45) is 0. The second-order valence-corrected chi connectivity index (χ2v) is 9.19. The quantitative estimate of drug-likeness (QED) is 0.331. The van der Waals surface area contributed by atoms with Crippen molar-refractivity contribution in [3.63, 3.8) is 0 Å². The summed E-state index contributed by atoms with van der Waals surface area (Å²) in [6, 6.07) is 11.6. The fraction of sp³-hybridized carbons (Fsp3) is 0.118. The van der Waals surface area contributed by atoms with E-state index in [0.717, 1.165) is 24.5 Å². The molecule has 3 rings (SSSR count). The molecule has 1 aromatic heterocycles.